The Balaban J connectivity index is 1.58. The van der Waals surface area contributed by atoms with Crippen molar-refractivity contribution >= 4 is 28.0 Å². The summed E-state index contributed by atoms with van der Waals surface area (Å²) in [4.78, 5) is 12.2. The normalized spacial score (nSPS) is 19.7. The Kier molecular flexibility index (Phi) is 5.01. The van der Waals surface area contributed by atoms with E-state index in [0.29, 0.717) is 19.4 Å². The zero-order valence-corrected chi connectivity index (χ0v) is 16.4. The number of nitrogens with one attached hydrogen (secondary N) is 4. The number of carbonyl (C=O) groups is 1. The highest BCUT2D eigenvalue weighted by Crippen LogP contribution is 2.38. The lowest BCUT2D eigenvalue weighted by Gasteiger charge is -2.21. The van der Waals surface area contributed by atoms with E-state index in [9.17, 15) is 13.2 Å². The summed E-state index contributed by atoms with van der Waals surface area (Å²) >= 11 is 0. The number of fused-ring (bicyclic) bond motifs is 2. The van der Waals surface area contributed by atoms with Gasteiger partial charge in [-0.05, 0) is 67.2 Å². The Morgan fingerprint density at radius 3 is 2.36 bits per heavy atom. The molecule has 2 amide bonds. The molecule has 150 valence electrons. The van der Waals surface area contributed by atoms with Crippen LogP contribution < -0.4 is 15.4 Å². The van der Waals surface area contributed by atoms with Crippen molar-refractivity contribution in [1.29, 1.82) is 5.41 Å². The molecule has 1 aliphatic heterocycles. The Hall–Kier alpha value is -2.55. The summed E-state index contributed by atoms with van der Waals surface area (Å²) in [6.07, 6.45) is 7.26. The van der Waals surface area contributed by atoms with Crippen molar-refractivity contribution in [3.63, 3.8) is 0 Å². The number of allylic oxidation sites excluding steroid dienone is 1. The molecule has 0 radical (unpaired) electrons. The maximum Gasteiger partial charge on any atom is 0.333 e. The molecule has 3 aliphatic rings. The van der Waals surface area contributed by atoms with E-state index < -0.39 is 16.1 Å². The first-order valence-electron chi connectivity index (χ1n) is 9.61. The summed E-state index contributed by atoms with van der Waals surface area (Å²) < 4.78 is 32.6. The average Bonchev–Trinajstić information content (AvgIpc) is 3.31. The zero-order valence-electron chi connectivity index (χ0n) is 15.6. The van der Waals surface area contributed by atoms with Crippen molar-refractivity contribution in [2.75, 3.05) is 18.5 Å². The van der Waals surface area contributed by atoms with Gasteiger partial charge in [0.05, 0.1) is 6.61 Å². The van der Waals surface area contributed by atoms with Crippen LogP contribution in [0.25, 0.3) is 0 Å². The van der Waals surface area contributed by atoms with E-state index in [2.05, 4.69) is 16.7 Å². The van der Waals surface area contributed by atoms with Crippen LogP contribution in [-0.4, -0.2) is 33.8 Å². The summed E-state index contributed by atoms with van der Waals surface area (Å²) in [5.74, 6) is 0.00282. The van der Waals surface area contributed by atoms with Gasteiger partial charge in [-0.15, -0.1) is 0 Å². The zero-order chi connectivity index (χ0) is 19.7. The third-order valence-corrected chi connectivity index (χ3v) is 6.77. The van der Waals surface area contributed by atoms with Crippen LogP contribution in [0.3, 0.4) is 0 Å². The van der Waals surface area contributed by atoms with Crippen molar-refractivity contribution < 1.29 is 17.9 Å². The predicted molar refractivity (Wildman–Crippen MR) is 106 cm³/mol. The van der Waals surface area contributed by atoms with Gasteiger partial charge < -0.3 is 20.8 Å². The third-order valence-electron chi connectivity index (χ3n) is 5.44. The number of carbonyl (C=O) groups excluding carboxylic acids is 1. The lowest BCUT2D eigenvalue weighted by atomic mass is 9.99. The monoisotopic (exact) mass is 404 g/mol. The quantitative estimate of drug-likeness (QED) is 0.572. The van der Waals surface area contributed by atoms with Crippen LogP contribution in [0.1, 0.15) is 41.5 Å². The van der Waals surface area contributed by atoms with Gasteiger partial charge in [0.25, 0.3) is 10.0 Å². The van der Waals surface area contributed by atoms with Gasteiger partial charge in [-0.2, -0.15) is 0 Å². The first-order chi connectivity index (χ1) is 13.5. The highest BCUT2D eigenvalue weighted by molar-refractivity contribution is 7.94. The Morgan fingerprint density at radius 2 is 1.79 bits per heavy atom. The van der Waals surface area contributed by atoms with Crippen molar-refractivity contribution in [2.45, 2.75) is 44.9 Å². The molecular weight excluding hydrogens is 380 g/mol. The fourth-order valence-corrected chi connectivity index (χ4v) is 5.14. The molecule has 0 aromatic heterocycles. The molecule has 1 aromatic rings. The van der Waals surface area contributed by atoms with E-state index >= 15 is 0 Å². The van der Waals surface area contributed by atoms with Crippen molar-refractivity contribution in [3.8, 4) is 0 Å². The smallest absolute Gasteiger partial charge is 0.333 e. The summed E-state index contributed by atoms with van der Waals surface area (Å²) in [5, 5.41) is 13.1. The van der Waals surface area contributed by atoms with E-state index in [0.717, 1.165) is 61.8 Å². The van der Waals surface area contributed by atoms with Crippen LogP contribution in [0.4, 0.5) is 10.5 Å². The molecule has 1 fully saturated rings. The lowest BCUT2D eigenvalue weighted by molar-refractivity contribution is 0.157. The molecule has 4 rings (SSSR count). The van der Waals surface area contributed by atoms with Crippen LogP contribution >= 0.6 is 0 Å². The standard InChI is InChI=1S/C19H24N4O4S/c20-11-16(18-21-8-3-9-27-18)28(25,26)23-19(24)22-17-14-6-1-4-12(14)10-13-5-2-7-15(13)17/h10-11,20-21H,1-9H2,(H2,22,23,24)/b18-16-,20-11?. The number of anilines is 1. The van der Waals surface area contributed by atoms with Crippen LogP contribution in [0, 0.1) is 5.41 Å². The molecular formula is C19H24N4O4S. The first-order valence-corrected chi connectivity index (χ1v) is 11.1. The van der Waals surface area contributed by atoms with E-state index in [1.165, 1.54) is 11.1 Å². The van der Waals surface area contributed by atoms with Gasteiger partial charge in [-0.25, -0.2) is 17.9 Å². The number of benzene rings is 1. The molecule has 4 N–H and O–H groups in total. The number of aryl methyl sites for hydroxylation is 2. The second-order valence-electron chi connectivity index (χ2n) is 7.26. The molecule has 9 heteroatoms. The first kappa shape index (κ1) is 18.8. The largest absolute Gasteiger partial charge is 0.478 e. The summed E-state index contributed by atoms with van der Waals surface area (Å²) in [7, 11) is -4.23. The molecule has 0 saturated carbocycles. The van der Waals surface area contributed by atoms with E-state index in [4.69, 9.17) is 10.1 Å². The van der Waals surface area contributed by atoms with Crippen molar-refractivity contribution in [3.05, 3.63) is 39.1 Å². The third kappa shape index (κ3) is 3.46. The van der Waals surface area contributed by atoms with Gasteiger partial charge in [0, 0.05) is 18.4 Å². The number of hydrogen-bond donors (Lipinski definition) is 4. The van der Waals surface area contributed by atoms with Crippen LogP contribution in [0.5, 0.6) is 0 Å². The molecule has 2 aliphatic carbocycles. The minimum absolute atomic E-state index is 0.00282. The molecule has 0 unspecified atom stereocenters. The van der Waals surface area contributed by atoms with Crippen LogP contribution in [-0.2, 0) is 40.4 Å². The Bertz CT molecular complexity index is 928. The van der Waals surface area contributed by atoms with Gasteiger partial charge >= 0.3 is 6.03 Å². The van der Waals surface area contributed by atoms with E-state index in [1.807, 2.05) is 4.72 Å². The molecule has 1 saturated heterocycles. The molecule has 1 heterocycles. The number of sulfonamides is 1. The van der Waals surface area contributed by atoms with Crippen molar-refractivity contribution in [1.82, 2.24) is 10.0 Å². The molecule has 8 nitrogen and oxygen atoms in total. The molecule has 1 aromatic carbocycles. The predicted octanol–water partition coefficient (Wildman–Crippen LogP) is 1.94. The lowest BCUT2D eigenvalue weighted by Crippen LogP contribution is -2.38. The Labute approximate surface area is 164 Å². The summed E-state index contributed by atoms with van der Waals surface area (Å²) in [6.45, 7) is 0.917. The SMILES string of the molecule is N=C/C(=C1\NCCCO1)S(=O)(=O)NC(=O)Nc1c2c(cc3c1CCC3)CCC2. The van der Waals surface area contributed by atoms with E-state index in [-0.39, 0.29) is 10.8 Å². The van der Waals surface area contributed by atoms with Crippen LogP contribution in [0.15, 0.2) is 16.9 Å². The molecule has 0 spiro atoms. The summed E-state index contributed by atoms with van der Waals surface area (Å²) in [5.41, 5.74) is 5.51. The number of rotatable bonds is 4. The van der Waals surface area contributed by atoms with E-state index in [1.54, 1.807) is 0 Å². The minimum Gasteiger partial charge on any atom is -0.478 e. The number of urea groups is 1. The van der Waals surface area contributed by atoms with Gasteiger partial charge in [-0.1, -0.05) is 6.07 Å². The second-order valence-corrected chi connectivity index (χ2v) is 8.91. The minimum atomic E-state index is -4.23. The number of hydrogen-bond acceptors (Lipinski definition) is 6. The number of amides is 2. The van der Waals surface area contributed by atoms with Gasteiger partial charge in [0.1, 0.15) is 0 Å². The highest BCUT2D eigenvalue weighted by atomic mass is 32.2. The maximum atomic E-state index is 12.6. The van der Waals surface area contributed by atoms with Gasteiger partial charge in [0.15, 0.2) is 4.91 Å². The topological polar surface area (TPSA) is 120 Å². The fraction of sp³-hybridized carbons (Fsp3) is 0.474. The molecule has 0 bridgehead atoms. The number of ether oxygens (including phenoxy) is 1. The van der Waals surface area contributed by atoms with Crippen LogP contribution in [0.2, 0.25) is 0 Å². The van der Waals surface area contributed by atoms with Crippen molar-refractivity contribution in [2.24, 2.45) is 0 Å². The molecule has 0 atom stereocenters. The Morgan fingerprint density at radius 1 is 1.11 bits per heavy atom. The maximum absolute atomic E-state index is 12.6. The van der Waals surface area contributed by atoms with Gasteiger partial charge in [-0.3, -0.25) is 0 Å². The average molecular weight is 404 g/mol. The molecule has 28 heavy (non-hydrogen) atoms. The fourth-order valence-electron chi connectivity index (χ4n) is 4.21. The summed E-state index contributed by atoms with van der Waals surface area (Å²) in [6, 6.07) is 1.43. The highest BCUT2D eigenvalue weighted by Gasteiger charge is 2.28. The second kappa shape index (κ2) is 7.46. The van der Waals surface area contributed by atoms with Gasteiger partial charge in [0.2, 0.25) is 5.88 Å².